The smallest absolute Gasteiger partial charge is 0.272 e. The van der Waals surface area contributed by atoms with Crippen LogP contribution in [-0.2, 0) is 0 Å². The standard InChI is InChI=1S/C16H23FN2O/c1-16(2,3)12-6-5-10-19(11-9-12)15(20)13-7-4-8-14(17)18-13/h4,7-8,12H,5-6,9-11H2,1-3H3. The third-order valence-corrected chi connectivity index (χ3v) is 4.17. The molecule has 20 heavy (non-hydrogen) atoms. The number of likely N-dealkylation sites (tertiary alicyclic amines) is 1. The van der Waals surface area contributed by atoms with Crippen molar-refractivity contribution in [2.45, 2.75) is 40.0 Å². The molecule has 3 nitrogen and oxygen atoms in total. The first-order valence-electron chi connectivity index (χ1n) is 7.30. The van der Waals surface area contributed by atoms with Crippen molar-refractivity contribution in [3.05, 3.63) is 29.8 Å². The van der Waals surface area contributed by atoms with Crippen molar-refractivity contribution in [2.24, 2.45) is 11.3 Å². The molecule has 1 atom stereocenters. The van der Waals surface area contributed by atoms with Gasteiger partial charge in [-0.25, -0.2) is 4.98 Å². The van der Waals surface area contributed by atoms with Gasteiger partial charge < -0.3 is 4.90 Å². The van der Waals surface area contributed by atoms with Crippen LogP contribution < -0.4 is 0 Å². The Morgan fingerprint density at radius 2 is 2.05 bits per heavy atom. The number of pyridine rings is 1. The molecule has 110 valence electrons. The third-order valence-electron chi connectivity index (χ3n) is 4.17. The van der Waals surface area contributed by atoms with Crippen molar-refractivity contribution in [1.29, 1.82) is 0 Å². The summed E-state index contributed by atoms with van der Waals surface area (Å²) in [7, 11) is 0. The molecule has 2 heterocycles. The quantitative estimate of drug-likeness (QED) is 0.736. The summed E-state index contributed by atoms with van der Waals surface area (Å²) >= 11 is 0. The SMILES string of the molecule is CC(C)(C)C1CCCN(C(=O)c2cccc(F)n2)CC1. The third kappa shape index (κ3) is 3.56. The van der Waals surface area contributed by atoms with Crippen molar-refractivity contribution in [3.63, 3.8) is 0 Å². The Morgan fingerprint density at radius 1 is 1.30 bits per heavy atom. The number of halogens is 1. The molecule has 0 aliphatic carbocycles. The molecule has 1 aromatic rings. The Kier molecular flexibility index (Phi) is 4.41. The minimum Gasteiger partial charge on any atom is -0.337 e. The van der Waals surface area contributed by atoms with E-state index in [9.17, 15) is 9.18 Å². The summed E-state index contributed by atoms with van der Waals surface area (Å²) in [5.74, 6) is -0.127. The maximum Gasteiger partial charge on any atom is 0.272 e. The minimum atomic E-state index is -0.599. The molecule has 0 aromatic carbocycles. The van der Waals surface area contributed by atoms with Gasteiger partial charge in [0.05, 0.1) is 0 Å². The highest BCUT2D eigenvalue weighted by Gasteiger charge is 2.29. The molecule has 1 unspecified atom stereocenters. The van der Waals surface area contributed by atoms with Crippen molar-refractivity contribution in [1.82, 2.24) is 9.88 Å². The van der Waals surface area contributed by atoms with Crippen molar-refractivity contribution < 1.29 is 9.18 Å². The first-order valence-corrected chi connectivity index (χ1v) is 7.30. The molecule has 2 rings (SSSR count). The highest BCUT2D eigenvalue weighted by atomic mass is 19.1. The van der Waals surface area contributed by atoms with Crippen LogP contribution >= 0.6 is 0 Å². The summed E-state index contributed by atoms with van der Waals surface area (Å²) in [4.78, 5) is 17.9. The summed E-state index contributed by atoms with van der Waals surface area (Å²) in [5, 5.41) is 0. The number of rotatable bonds is 1. The van der Waals surface area contributed by atoms with E-state index >= 15 is 0 Å². The van der Waals surface area contributed by atoms with Gasteiger partial charge in [-0.2, -0.15) is 4.39 Å². The van der Waals surface area contributed by atoms with Gasteiger partial charge in [-0.15, -0.1) is 0 Å². The van der Waals surface area contributed by atoms with Gasteiger partial charge in [0.15, 0.2) is 0 Å². The van der Waals surface area contributed by atoms with Gasteiger partial charge in [0.2, 0.25) is 5.95 Å². The largest absolute Gasteiger partial charge is 0.337 e. The number of carbonyl (C=O) groups excluding carboxylic acids is 1. The Balaban J connectivity index is 2.05. The summed E-state index contributed by atoms with van der Waals surface area (Å²) in [6, 6.07) is 4.37. The zero-order chi connectivity index (χ0) is 14.8. The van der Waals surface area contributed by atoms with Crippen LogP contribution in [0, 0.1) is 17.3 Å². The van der Waals surface area contributed by atoms with E-state index in [1.807, 2.05) is 4.90 Å². The van der Waals surface area contributed by atoms with Crippen LogP contribution in [0.4, 0.5) is 4.39 Å². The summed E-state index contributed by atoms with van der Waals surface area (Å²) in [6.45, 7) is 8.23. The van der Waals surface area contributed by atoms with Gasteiger partial charge in [0.1, 0.15) is 5.69 Å². The zero-order valence-electron chi connectivity index (χ0n) is 12.5. The van der Waals surface area contributed by atoms with Crippen LogP contribution in [0.3, 0.4) is 0 Å². The average molecular weight is 278 g/mol. The van der Waals surface area contributed by atoms with E-state index in [0.29, 0.717) is 5.92 Å². The number of hydrogen-bond donors (Lipinski definition) is 0. The molecular weight excluding hydrogens is 255 g/mol. The highest BCUT2D eigenvalue weighted by molar-refractivity contribution is 5.92. The van der Waals surface area contributed by atoms with E-state index < -0.39 is 5.95 Å². The van der Waals surface area contributed by atoms with E-state index in [2.05, 4.69) is 25.8 Å². The molecule has 0 N–H and O–H groups in total. The molecule has 4 heteroatoms. The molecule has 0 bridgehead atoms. The van der Waals surface area contributed by atoms with Crippen LogP contribution in [0.25, 0.3) is 0 Å². The van der Waals surface area contributed by atoms with E-state index in [0.717, 1.165) is 32.4 Å². The predicted octanol–water partition coefficient (Wildman–Crippen LogP) is 3.51. The van der Waals surface area contributed by atoms with Crippen molar-refractivity contribution >= 4 is 5.91 Å². The van der Waals surface area contributed by atoms with E-state index in [4.69, 9.17) is 0 Å². The topological polar surface area (TPSA) is 33.2 Å². The maximum absolute atomic E-state index is 13.1. The molecule has 1 saturated heterocycles. The fourth-order valence-electron chi connectivity index (χ4n) is 2.85. The average Bonchev–Trinajstić information content (AvgIpc) is 2.63. The normalized spacial score (nSPS) is 20.6. The first-order chi connectivity index (χ1) is 9.38. The molecule has 0 saturated carbocycles. The van der Waals surface area contributed by atoms with Gasteiger partial charge in [0.25, 0.3) is 5.91 Å². The number of hydrogen-bond acceptors (Lipinski definition) is 2. The minimum absolute atomic E-state index is 0.154. The molecule has 1 aliphatic heterocycles. The lowest BCUT2D eigenvalue weighted by atomic mass is 9.77. The van der Waals surface area contributed by atoms with Gasteiger partial charge in [-0.1, -0.05) is 26.8 Å². The predicted molar refractivity (Wildman–Crippen MR) is 76.9 cm³/mol. The van der Waals surface area contributed by atoms with Crippen LogP contribution in [0.1, 0.15) is 50.5 Å². The van der Waals surface area contributed by atoms with E-state index in [-0.39, 0.29) is 17.0 Å². The van der Waals surface area contributed by atoms with Crippen molar-refractivity contribution in [2.75, 3.05) is 13.1 Å². The second-order valence-corrected chi connectivity index (χ2v) is 6.63. The van der Waals surface area contributed by atoms with E-state index in [1.165, 1.54) is 12.1 Å². The van der Waals surface area contributed by atoms with Gasteiger partial charge in [-0.3, -0.25) is 4.79 Å². The van der Waals surface area contributed by atoms with Crippen LogP contribution in [-0.4, -0.2) is 28.9 Å². The Morgan fingerprint density at radius 3 is 2.70 bits per heavy atom. The molecule has 0 radical (unpaired) electrons. The molecule has 1 aromatic heterocycles. The van der Waals surface area contributed by atoms with Crippen LogP contribution in [0.15, 0.2) is 18.2 Å². The van der Waals surface area contributed by atoms with Crippen molar-refractivity contribution in [3.8, 4) is 0 Å². The Hall–Kier alpha value is -1.45. The van der Waals surface area contributed by atoms with Gasteiger partial charge >= 0.3 is 0 Å². The molecule has 0 spiro atoms. The Labute approximate surface area is 120 Å². The summed E-state index contributed by atoms with van der Waals surface area (Å²) < 4.78 is 13.1. The lowest BCUT2D eigenvalue weighted by Crippen LogP contribution is -2.33. The fourth-order valence-corrected chi connectivity index (χ4v) is 2.85. The fraction of sp³-hybridized carbons (Fsp3) is 0.625. The number of aromatic nitrogens is 1. The number of amides is 1. The molecule has 1 aliphatic rings. The maximum atomic E-state index is 13.1. The summed E-state index contributed by atoms with van der Waals surface area (Å²) in [6.07, 6.45) is 3.15. The Bertz CT molecular complexity index is 482. The second-order valence-electron chi connectivity index (χ2n) is 6.63. The van der Waals surface area contributed by atoms with E-state index in [1.54, 1.807) is 6.07 Å². The second kappa shape index (κ2) is 5.90. The molecule has 1 amide bonds. The zero-order valence-corrected chi connectivity index (χ0v) is 12.5. The monoisotopic (exact) mass is 278 g/mol. The first kappa shape index (κ1) is 14.9. The molecule has 1 fully saturated rings. The lowest BCUT2D eigenvalue weighted by molar-refractivity contribution is 0.0748. The van der Waals surface area contributed by atoms with Crippen LogP contribution in [0.2, 0.25) is 0 Å². The number of carbonyl (C=O) groups is 1. The summed E-state index contributed by atoms with van der Waals surface area (Å²) in [5.41, 5.74) is 0.482. The number of nitrogens with zero attached hydrogens (tertiary/aromatic N) is 2. The van der Waals surface area contributed by atoms with Gasteiger partial charge in [0, 0.05) is 13.1 Å². The highest BCUT2D eigenvalue weighted by Crippen LogP contribution is 2.34. The molecular formula is C16H23FN2O. The lowest BCUT2D eigenvalue weighted by Gasteiger charge is -2.29. The van der Waals surface area contributed by atoms with Gasteiger partial charge in [-0.05, 0) is 42.7 Å². The van der Waals surface area contributed by atoms with Crippen LogP contribution in [0.5, 0.6) is 0 Å².